The van der Waals surface area contributed by atoms with Gasteiger partial charge in [-0.15, -0.1) is 0 Å². The summed E-state index contributed by atoms with van der Waals surface area (Å²) in [5.41, 5.74) is 1.37. The van der Waals surface area contributed by atoms with E-state index < -0.39 is 0 Å². The molecule has 0 spiro atoms. The summed E-state index contributed by atoms with van der Waals surface area (Å²) in [7, 11) is 0. The first kappa shape index (κ1) is 37.0. The third-order valence-corrected chi connectivity index (χ3v) is 11.0. The zero-order valence-corrected chi connectivity index (χ0v) is 28.3. The summed E-state index contributed by atoms with van der Waals surface area (Å²) >= 11 is 0. The highest BCUT2D eigenvalue weighted by Gasteiger charge is 2.52. The molecule has 0 saturated heterocycles. The van der Waals surface area contributed by atoms with E-state index in [1.165, 1.54) is 167 Å². The van der Waals surface area contributed by atoms with Crippen molar-refractivity contribution in [1.29, 1.82) is 0 Å². The second kappa shape index (κ2) is 25.7. The molecular formula is C39H78. The highest BCUT2D eigenvalue weighted by atomic mass is 14.6. The topological polar surface area (TPSA) is 0 Å². The average molecular weight is 547 g/mol. The molecule has 1 aliphatic rings. The van der Waals surface area contributed by atoms with Gasteiger partial charge in [-0.3, -0.25) is 0 Å². The van der Waals surface area contributed by atoms with Gasteiger partial charge in [0.05, 0.1) is 0 Å². The van der Waals surface area contributed by atoms with Crippen LogP contribution in [0.5, 0.6) is 0 Å². The Labute approximate surface area is 250 Å². The second-order valence-corrected chi connectivity index (χ2v) is 14.2. The Morgan fingerprint density at radius 3 is 0.718 bits per heavy atom. The standard InChI is InChI=1S/C39H78/c1-5-9-13-17-21-22-26-30-35-39(34-29-25-20-16-12-8-4)37-31-36-38(39,32-27-23-18-14-10-6-2)33-28-24-19-15-11-7-3/h5-37H2,1-4H3. The number of hydrogen-bond acceptors (Lipinski definition) is 0. The molecule has 1 fully saturated rings. The summed E-state index contributed by atoms with van der Waals surface area (Å²) in [5, 5.41) is 0. The third-order valence-electron chi connectivity index (χ3n) is 11.0. The third kappa shape index (κ3) is 16.3. The van der Waals surface area contributed by atoms with Crippen LogP contribution in [0, 0.1) is 10.8 Å². The summed E-state index contributed by atoms with van der Waals surface area (Å²) in [6, 6.07) is 0. The van der Waals surface area contributed by atoms with Gasteiger partial charge in [0.2, 0.25) is 0 Å². The fourth-order valence-corrected chi connectivity index (χ4v) is 8.43. The van der Waals surface area contributed by atoms with Gasteiger partial charge in [0.1, 0.15) is 0 Å². The van der Waals surface area contributed by atoms with Gasteiger partial charge >= 0.3 is 0 Å². The largest absolute Gasteiger partial charge is 0.0654 e. The highest BCUT2D eigenvalue weighted by molar-refractivity contribution is 5.02. The van der Waals surface area contributed by atoms with Crippen LogP contribution in [0.15, 0.2) is 0 Å². The predicted octanol–water partition coefficient (Wildman–Crippen LogP) is 14.9. The van der Waals surface area contributed by atoms with Crippen molar-refractivity contribution in [2.24, 2.45) is 10.8 Å². The van der Waals surface area contributed by atoms with Crippen LogP contribution in [0.4, 0.5) is 0 Å². The van der Waals surface area contributed by atoms with Crippen LogP contribution in [0.2, 0.25) is 0 Å². The van der Waals surface area contributed by atoms with E-state index in [0.717, 1.165) is 0 Å². The maximum absolute atomic E-state index is 2.36. The zero-order chi connectivity index (χ0) is 28.3. The molecule has 1 saturated carbocycles. The van der Waals surface area contributed by atoms with E-state index in [-0.39, 0.29) is 0 Å². The lowest BCUT2D eigenvalue weighted by Crippen LogP contribution is -2.38. The molecule has 0 heteroatoms. The summed E-state index contributed by atoms with van der Waals surface area (Å²) in [4.78, 5) is 0. The number of hydrogen-bond donors (Lipinski definition) is 0. The molecule has 1 unspecified atom stereocenters. The maximum Gasteiger partial charge on any atom is -0.0241 e. The summed E-state index contributed by atoms with van der Waals surface area (Å²) in [6.45, 7) is 9.41. The van der Waals surface area contributed by atoms with Crippen molar-refractivity contribution < 1.29 is 0 Å². The van der Waals surface area contributed by atoms with Crippen molar-refractivity contribution in [3.63, 3.8) is 0 Å². The molecule has 0 aromatic rings. The lowest BCUT2D eigenvalue weighted by molar-refractivity contribution is 0.0208. The maximum atomic E-state index is 2.36. The van der Waals surface area contributed by atoms with Crippen molar-refractivity contribution in [3.05, 3.63) is 0 Å². The molecule has 1 rings (SSSR count). The van der Waals surface area contributed by atoms with Crippen molar-refractivity contribution >= 4 is 0 Å². The molecule has 0 N–H and O–H groups in total. The fourth-order valence-electron chi connectivity index (χ4n) is 8.43. The molecule has 0 bridgehead atoms. The van der Waals surface area contributed by atoms with Crippen molar-refractivity contribution in [1.82, 2.24) is 0 Å². The SMILES string of the molecule is CCCCCCCCCCC1(CCCCCCCC)CCCC1(CCCCCCCC)CCCCCCCC. The van der Waals surface area contributed by atoms with Crippen molar-refractivity contribution in [3.8, 4) is 0 Å². The van der Waals surface area contributed by atoms with Crippen molar-refractivity contribution in [2.75, 3.05) is 0 Å². The molecule has 1 aliphatic carbocycles. The van der Waals surface area contributed by atoms with E-state index in [1.807, 2.05) is 0 Å². The summed E-state index contributed by atoms with van der Waals surface area (Å²) in [6.07, 6.45) is 49.2. The fraction of sp³-hybridized carbons (Fsp3) is 1.00. The minimum Gasteiger partial charge on any atom is -0.0654 e. The van der Waals surface area contributed by atoms with Gasteiger partial charge in [0.25, 0.3) is 0 Å². The Balaban J connectivity index is 2.82. The Morgan fingerprint density at radius 1 is 0.282 bits per heavy atom. The smallest absolute Gasteiger partial charge is 0.0241 e. The van der Waals surface area contributed by atoms with Gasteiger partial charge in [0.15, 0.2) is 0 Å². The molecule has 0 aromatic heterocycles. The molecule has 39 heavy (non-hydrogen) atoms. The Kier molecular flexibility index (Phi) is 24.4. The lowest BCUT2D eigenvalue weighted by atomic mass is 9.57. The molecule has 0 radical (unpaired) electrons. The summed E-state index contributed by atoms with van der Waals surface area (Å²) in [5.74, 6) is 0. The van der Waals surface area contributed by atoms with Crippen LogP contribution in [-0.4, -0.2) is 0 Å². The first-order valence-electron chi connectivity index (χ1n) is 19.2. The first-order valence-corrected chi connectivity index (χ1v) is 19.2. The highest BCUT2D eigenvalue weighted by Crippen LogP contribution is 2.63. The Bertz CT molecular complexity index is 476. The van der Waals surface area contributed by atoms with E-state index >= 15 is 0 Å². The van der Waals surface area contributed by atoms with Crippen LogP contribution in [0.25, 0.3) is 0 Å². The Morgan fingerprint density at radius 2 is 0.487 bits per heavy atom. The molecule has 234 valence electrons. The van der Waals surface area contributed by atoms with Gasteiger partial charge in [-0.25, -0.2) is 0 Å². The molecule has 0 heterocycles. The normalized spacial score (nSPS) is 18.8. The average Bonchev–Trinajstić information content (AvgIpc) is 3.29. The minimum absolute atomic E-state index is 0.687. The van der Waals surface area contributed by atoms with E-state index in [2.05, 4.69) is 27.7 Å². The van der Waals surface area contributed by atoms with Crippen LogP contribution in [0.3, 0.4) is 0 Å². The number of rotatable bonds is 30. The van der Waals surface area contributed by atoms with Crippen LogP contribution >= 0.6 is 0 Å². The Hall–Kier alpha value is 0. The zero-order valence-electron chi connectivity index (χ0n) is 28.3. The molecule has 0 amide bonds. The van der Waals surface area contributed by atoms with E-state index in [4.69, 9.17) is 0 Å². The van der Waals surface area contributed by atoms with E-state index in [1.54, 1.807) is 44.9 Å². The van der Waals surface area contributed by atoms with Crippen LogP contribution in [-0.2, 0) is 0 Å². The minimum atomic E-state index is 0.687. The van der Waals surface area contributed by atoms with Gasteiger partial charge in [-0.05, 0) is 49.4 Å². The van der Waals surface area contributed by atoms with Gasteiger partial charge < -0.3 is 0 Å². The molecule has 1 atom stereocenters. The van der Waals surface area contributed by atoms with Gasteiger partial charge in [-0.2, -0.15) is 0 Å². The van der Waals surface area contributed by atoms with Gasteiger partial charge in [-0.1, -0.05) is 201 Å². The van der Waals surface area contributed by atoms with Crippen LogP contribution in [0.1, 0.15) is 240 Å². The molecular weight excluding hydrogens is 468 g/mol. The predicted molar refractivity (Wildman–Crippen MR) is 180 cm³/mol. The molecule has 0 aliphatic heterocycles. The quantitative estimate of drug-likeness (QED) is 0.0786. The van der Waals surface area contributed by atoms with Gasteiger partial charge in [0, 0.05) is 0 Å². The molecule has 0 nitrogen and oxygen atoms in total. The second-order valence-electron chi connectivity index (χ2n) is 14.2. The monoisotopic (exact) mass is 547 g/mol. The van der Waals surface area contributed by atoms with Crippen LogP contribution < -0.4 is 0 Å². The number of unbranched alkanes of at least 4 members (excludes halogenated alkanes) is 22. The van der Waals surface area contributed by atoms with E-state index in [0.29, 0.717) is 10.8 Å². The summed E-state index contributed by atoms with van der Waals surface area (Å²) < 4.78 is 0. The van der Waals surface area contributed by atoms with E-state index in [9.17, 15) is 0 Å². The lowest BCUT2D eigenvalue weighted by Gasteiger charge is -2.48. The van der Waals surface area contributed by atoms with Crippen molar-refractivity contribution in [2.45, 2.75) is 240 Å². The first-order chi connectivity index (χ1) is 19.2. The molecule has 0 aromatic carbocycles.